The molecule has 0 radical (unpaired) electrons. The van der Waals surface area contributed by atoms with Crippen molar-refractivity contribution in [3.63, 3.8) is 0 Å². The highest BCUT2D eigenvalue weighted by atomic mass is 32.2. The van der Waals surface area contributed by atoms with E-state index in [9.17, 15) is 0 Å². The van der Waals surface area contributed by atoms with Gasteiger partial charge in [0.2, 0.25) is 0 Å². The molecule has 2 atom stereocenters. The molecule has 3 aromatic heterocycles. The topological polar surface area (TPSA) is 77.6 Å². The van der Waals surface area contributed by atoms with Crippen LogP contribution < -0.4 is 0 Å². The number of hydrogen-bond donors (Lipinski definition) is 0. The van der Waals surface area contributed by atoms with Crippen LogP contribution >= 0.6 is 11.8 Å². The second-order valence-corrected chi connectivity index (χ2v) is 15.1. The number of para-hydroxylation sites is 1. The van der Waals surface area contributed by atoms with E-state index in [2.05, 4.69) is 78.9 Å². The van der Waals surface area contributed by atoms with Gasteiger partial charge in [0, 0.05) is 49.3 Å². The molecule has 2 aliphatic rings. The summed E-state index contributed by atoms with van der Waals surface area (Å²) in [7, 11) is 0. The van der Waals surface area contributed by atoms with Gasteiger partial charge in [0.15, 0.2) is 28.9 Å². The third kappa shape index (κ3) is 5.55. The van der Waals surface area contributed by atoms with Crippen molar-refractivity contribution < 1.29 is 4.42 Å². The Morgan fingerprint density at radius 2 is 1.11 bits per heavy atom. The predicted molar refractivity (Wildman–Crippen MR) is 226 cm³/mol. The minimum absolute atomic E-state index is 0.0766. The van der Waals surface area contributed by atoms with Gasteiger partial charge in [0.1, 0.15) is 16.8 Å². The number of allylic oxidation sites excluding steroid dienone is 3. The van der Waals surface area contributed by atoms with E-state index in [1.54, 1.807) is 0 Å². The maximum atomic E-state index is 6.41. The zero-order valence-electron chi connectivity index (χ0n) is 30.0. The summed E-state index contributed by atoms with van der Waals surface area (Å²) in [5.41, 5.74) is 11.6. The number of thioether (sulfide) groups is 1. The summed E-state index contributed by atoms with van der Waals surface area (Å²) < 4.78 is 6.41. The first-order valence-corrected chi connectivity index (χ1v) is 19.5. The number of fused-ring (bicyclic) bond motifs is 6. The summed E-state index contributed by atoms with van der Waals surface area (Å²) in [5.74, 6) is 2.72. The summed E-state index contributed by atoms with van der Waals surface area (Å²) >= 11 is 1.91. The van der Waals surface area contributed by atoms with Crippen LogP contribution in [-0.4, -0.2) is 30.2 Å². The van der Waals surface area contributed by atoms with Crippen molar-refractivity contribution in [3.05, 3.63) is 187 Å². The van der Waals surface area contributed by atoms with Crippen LogP contribution in [-0.2, 0) is 0 Å². The van der Waals surface area contributed by atoms with Crippen LogP contribution in [0.3, 0.4) is 0 Å². The van der Waals surface area contributed by atoms with Gasteiger partial charge >= 0.3 is 0 Å². The van der Waals surface area contributed by atoms with Gasteiger partial charge in [0.25, 0.3) is 0 Å². The van der Waals surface area contributed by atoms with Gasteiger partial charge in [-0.15, -0.1) is 11.8 Å². The lowest BCUT2D eigenvalue weighted by Crippen LogP contribution is -2.14. The SMILES string of the molecule is C1=CC2Sc3c(-c4cccc(-c5nc(-c6ccccc6)nc(-c6ccccc6)n5)c4)cccc3C2C(c2nc(-c3ccccc3)c3oc4ccccc4c3n2)=C1. The zero-order valence-corrected chi connectivity index (χ0v) is 30.8. The van der Waals surface area contributed by atoms with E-state index in [4.69, 9.17) is 29.3 Å². The lowest BCUT2D eigenvalue weighted by molar-refractivity contribution is 0.666. The molecule has 0 saturated carbocycles. The molecule has 4 heterocycles. The van der Waals surface area contributed by atoms with Crippen LogP contribution in [0, 0.1) is 0 Å². The quantitative estimate of drug-likeness (QED) is 0.168. The number of hydrogen-bond acceptors (Lipinski definition) is 7. The normalized spacial score (nSPS) is 15.8. The van der Waals surface area contributed by atoms with Gasteiger partial charge < -0.3 is 4.42 Å². The van der Waals surface area contributed by atoms with Crippen molar-refractivity contribution >= 4 is 39.4 Å². The monoisotopic (exact) mass is 737 g/mol. The minimum Gasteiger partial charge on any atom is -0.452 e. The molecule has 11 rings (SSSR count). The van der Waals surface area contributed by atoms with Gasteiger partial charge in [-0.2, -0.15) is 0 Å². The van der Waals surface area contributed by atoms with Gasteiger partial charge in [-0.3, -0.25) is 0 Å². The predicted octanol–water partition coefficient (Wildman–Crippen LogP) is 12.1. The Hall–Kier alpha value is -6.96. The lowest BCUT2D eigenvalue weighted by atomic mass is 9.83. The molecular weight excluding hydrogens is 707 g/mol. The van der Waals surface area contributed by atoms with Crippen LogP contribution in [0.25, 0.3) is 84.2 Å². The van der Waals surface area contributed by atoms with Crippen molar-refractivity contribution in [2.45, 2.75) is 16.1 Å². The number of nitrogens with zero attached hydrogens (tertiary/aromatic N) is 5. The van der Waals surface area contributed by atoms with Gasteiger partial charge in [0.05, 0.1) is 0 Å². The fourth-order valence-electron chi connectivity index (χ4n) is 7.90. The van der Waals surface area contributed by atoms with E-state index >= 15 is 0 Å². The van der Waals surface area contributed by atoms with E-state index < -0.39 is 0 Å². The molecule has 264 valence electrons. The van der Waals surface area contributed by atoms with Gasteiger partial charge in [-0.05, 0) is 34.9 Å². The minimum atomic E-state index is 0.0766. The number of benzene rings is 6. The summed E-state index contributed by atoms with van der Waals surface area (Å²) in [6, 6.07) is 53.8. The van der Waals surface area contributed by atoms with Crippen LogP contribution in [0.5, 0.6) is 0 Å². The van der Waals surface area contributed by atoms with Crippen LogP contribution in [0.15, 0.2) is 185 Å². The average Bonchev–Trinajstić information content (AvgIpc) is 3.86. The van der Waals surface area contributed by atoms with E-state index in [-0.39, 0.29) is 11.2 Å². The lowest BCUT2D eigenvalue weighted by Gasteiger charge is -2.23. The second kappa shape index (κ2) is 13.4. The Morgan fingerprint density at radius 3 is 1.84 bits per heavy atom. The fourth-order valence-corrected chi connectivity index (χ4v) is 9.41. The molecule has 2 unspecified atom stereocenters. The number of rotatable bonds is 6. The van der Waals surface area contributed by atoms with Crippen LogP contribution in [0.2, 0.25) is 0 Å². The Labute approximate surface area is 327 Å². The fraction of sp³-hybridized carbons (Fsp3) is 0.0408. The van der Waals surface area contributed by atoms with Crippen molar-refractivity contribution in [1.82, 2.24) is 24.9 Å². The van der Waals surface area contributed by atoms with Crippen LogP contribution in [0.1, 0.15) is 17.3 Å². The van der Waals surface area contributed by atoms with Gasteiger partial charge in [-0.1, -0.05) is 158 Å². The first-order chi connectivity index (χ1) is 27.7. The second-order valence-electron chi connectivity index (χ2n) is 13.9. The molecule has 1 aliphatic heterocycles. The smallest absolute Gasteiger partial charge is 0.180 e. The standard InChI is InChI=1S/C49H31N5OS/c1-4-15-30(16-5-1)42-44-43(36-23-10-11-27-39(36)55-44)51-49(50-42)38-26-14-28-40-41(38)37-25-13-24-35(45(37)56-40)33-21-12-22-34(29-33)48-53-46(31-17-6-2-7-18-31)52-47(54-48)32-19-8-3-9-20-32/h1-29,40-41H. The molecule has 6 aromatic carbocycles. The number of aromatic nitrogens is 5. The summed E-state index contributed by atoms with van der Waals surface area (Å²) in [6.07, 6.45) is 6.66. The first kappa shape index (κ1) is 32.5. The highest BCUT2D eigenvalue weighted by Crippen LogP contribution is 2.56. The molecule has 56 heavy (non-hydrogen) atoms. The highest BCUT2D eigenvalue weighted by Gasteiger charge is 2.39. The Kier molecular flexibility index (Phi) is 7.77. The largest absolute Gasteiger partial charge is 0.452 e. The van der Waals surface area contributed by atoms with Crippen molar-refractivity contribution in [1.29, 1.82) is 0 Å². The van der Waals surface area contributed by atoms with Crippen LogP contribution in [0.4, 0.5) is 0 Å². The molecule has 1 aliphatic carbocycles. The van der Waals surface area contributed by atoms with E-state index in [1.807, 2.05) is 109 Å². The maximum Gasteiger partial charge on any atom is 0.180 e. The summed E-state index contributed by atoms with van der Waals surface area (Å²) in [5, 5.41) is 1.18. The van der Waals surface area contributed by atoms with E-state index in [0.29, 0.717) is 23.1 Å². The molecule has 0 spiro atoms. The number of furan rings is 1. The Bertz CT molecular complexity index is 2960. The molecule has 6 nitrogen and oxygen atoms in total. The van der Waals surface area contributed by atoms with E-state index in [0.717, 1.165) is 61.4 Å². The summed E-state index contributed by atoms with van der Waals surface area (Å²) in [6.45, 7) is 0. The third-order valence-corrected chi connectivity index (χ3v) is 11.9. The summed E-state index contributed by atoms with van der Waals surface area (Å²) in [4.78, 5) is 26.7. The zero-order chi connectivity index (χ0) is 37.0. The van der Waals surface area contributed by atoms with Crippen molar-refractivity contribution in [3.8, 4) is 56.5 Å². The first-order valence-electron chi connectivity index (χ1n) is 18.7. The molecule has 0 fully saturated rings. The highest BCUT2D eigenvalue weighted by molar-refractivity contribution is 8.00. The van der Waals surface area contributed by atoms with Crippen molar-refractivity contribution in [2.75, 3.05) is 0 Å². The Morgan fingerprint density at radius 1 is 0.500 bits per heavy atom. The van der Waals surface area contributed by atoms with Gasteiger partial charge in [-0.25, -0.2) is 24.9 Å². The molecule has 9 aromatic rings. The molecule has 0 N–H and O–H groups in total. The molecule has 0 bridgehead atoms. The molecular formula is C49H31N5OS. The maximum absolute atomic E-state index is 6.41. The Balaban J connectivity index is 1.01. The average molecular weight is 738 g/mol. The van der Waals surface area contributed by atoms with Crippen molar-refractivity contribution in [2.24, 2.45) is 0 Å². The van der Waals surface area contributed by atoms with E-state index in [1.165, 1.54) is 16.0 Å². The third-order valence-electron chi connectivity index (χ3n) is 10.5. The molecule has 7 heteroatoms. The molecule has 0 amide bonds. The molecule has 0 saturated heterocycles.